The molecule has 7 nitrogen and oxygen atoms in total. The van der Waals surface area contributed by atoms with Gasteiger partial charge in [-0.05, 0) is 25.5 Å². The number of amides is 3. The number of hydrogen-bond donors (Lipinski definition) is 2. The molecule has 3 amide bonds. The van der Waals surface area contributed by atoms with Crippen molar-refractivity contribution in [3.63, 3.8) is 0 Å². The van der Waals surface area contributed by atoms with Crippen molar-refractivity contribution >= 4 is 29.7 Å². The van der Waals surface area contributed by atoms with Gasteiger partial charge in [-0.3, -0.25) is 19.3 Å². The molecule has 0 spiro atoms. The number of anilines is 1. The standard InChI is InChI=1S/C14H15N3O4/c1-14(13(16)21,6-3-7-18)17-11(19)8-4-2-5-9(15)10(8)12(17)20/h2,4-5,7H,3,6,15H2,1H3,(H2,16,21). The second-order valence-corrected chi connectivity index (χ2v) is 5.06. The van der Waals surface area contributed by atoms with Gasteiger partial charge in [0.1, 0.15) is 11.8 Å². The molecule has 4 N–H and O–H groups in total. The number of benzene rings is 1. The first-order chi connectivity index (χ1) is 9.84. The van der Waals surface area contributed by atoms with Crippen LogP contribution >= 0.6 is 0 Å². The highest BCUT2D eigenvalue weighted by Gasteiger charge is 2.50. The molecule has 0 saturated heterocycles. The van der Waals surface area contributed by atoms with Gasteiger partial charge in [-0.25, -0.2) is 0 Å². The molecule has 1 heterocycles. The first-order valence-corrected chi connectivity index (χ1v) is 6.35. The van der Waals surface area contributed by atoms with Gasteiger partial charge >= 0.3 is 0 Å². The molecule has 1 aliphatic heterocycles. The lowest BCUT2D eigenvalue weighted by molar-refractivity contribution is -0.127. The minimum Gasteiger partial charge on any atom is -0.398 e. The Labute approximate surface area is 120 Å². The molecular weight excluding hydrogens is 274 g/mol. The van der Waals surface area contributed by atoms with E-state index in [4.69, 9.17) is 11.5 Å². The maximum atomic E-state index is 12.5. The molecule has 1 aliphatic rings. The number of fused-ring (bicyclic) bond motifs is 1. The highest BCUT2D eigenvalue weighted by molar-refractivity contribution is 6.25. The van der Waals surface area contributed by atoms with Crippen molar-refractivity contribution < 1.29 is 19.2 Å². The van der Waals surface area contributed by atoms with Gasteiger partial charge in [0.15, 0.2) is 0 Å². The van der Waals surface area contributed by atoms with E-state index >= 15 is 0 Å². The third kappa shape index (κ3) is 2.06. The Bertz CT molecular complexity index is 656. The highest BCUT2D eigenvalue weighted by atomic mass is 16.2. The quantitative estimate of drug-likeness (QED) is 0.451. The summed E-state index contributed by atoms with van der Waals surface area (Å²) < 4.78 is 0. The topological polar surface area (TPSA) is 124 Å². The van der Waals surface area contributed by atoms with Gasteiger partial charge < -0.3 is 16.3 Å². The van der Waals surface area contributed by atoms with Gasteiger partial charge in [0.25, 0.3) is 11.8 Å². The van der Waals surface area contributed by atoms with Gasteiger partial charge in [-0.1, -0.05) is 6.07 Å². The molecule has 0 radical (unpaired) electrons. The summed E-state index contributed by atoms with van der Waals surface area (Å²) in [6, 6.07) is 4.52. The van der Waals surface area contributed by atoms with Crippen LogP contribution in [-0.2, 0) is 9.59 Å². The van der Waals surface area contributed by atoms with Crippen molar-refractivity contribution in [2.75, 3.05) is 5.73 Å². The fourth-order valence-corrected chi connectivity index (χ4v) is 2.44. The summed E-state index contributed by atoms with van der Waals surface area (Å²) in [6.07, 6.45) is 0.577. The van der Waals surface area contributed by atoms with Crippen molar-refractivity contribution in [2.24, 2.45) is 5.73 Å². The van der Waals surface area contributed by atoms with Crippen LogP contribution in [0.2, 0.25) is 0 Å². The Balaban J connectivity index is 2.53. The third-order valence-corrected chi connectivity index (χ3v) is 3.72. The fraction of sp³-hybridized carbons (Fsp3) is 0.286. The summed E-state index contributed by atoms with van der Waals surface area (Å²) in [7, 11) is 0. The molecule has 1 aromatic rings. The van der Waals surface area contributed by atoms with Crippen molar-refractivity contribution in [1.29, 1.82) is 0 Å². The zero-order valence-corrected chi connectivity index (χ0v) is 11.5. The van der Waals surface area contributed by atoms with E-state index in [1.807, 2.05) is 0 Å². The minimum atomic E-state index is -1.57. The Hall–Kier alpha value is -2.70. The molecule has 7 heteroatoms. The molecule has 1 aromatic carbocycles. The van der Waals surface area contributed by atoms with Gasteiger partial charge in [0, 0.05) is 12.1 Å². The Morgan fingerprint density at radius 3 is 2.52 bits per heavy atom. The fourth-order valence-electron chi connectivity index (χ4n) is 2.44. The van der Waals surface area contributed by atoms with Crippen LogP contribution in [0.1, 0.15) is 40.5 Å². The lowest BCUT2D eigenvalue weighted by Gasteiger charge is -2.33. The van der Waals surface area contributed by atoms with E-state index in [0.717, 1.165) is 4.90 Å². The lowest BCUT2D eigenvalue weighted by atomic mass is 9.93. The molecule has 21 heavy (non-hydrogen) atoms. The number of nitrogens with zero attached hydrogens (tertiary/aromatic N) is 1. The number of aldehydes is 1. The van der Waals surface area contributed by atoms with Crippen LogP contribution in [-0.4, -0.2) is 34.4 Å². The van der Waals surface area contributed by atoms with Crippen LogP contribution in [0.3, 0.4) is 0 Å². The summed E-state index contributed by atoms with van der Waals surface area (Å²) in [4.78, 5) is 48.0. The SMILES string of the molecule is CC(CCC=O)(C(N)=O)N1C(=O)c2cccc(N)c2C1=O. The zero-order valence-electron chi connectivity index (χ0n) is 11.5. The molecular formula is C14H15N3O4. The average molecular weight is 289 g/mol. The van der Waals surface area contributed by atoms with Crippen LogP contribution < -0.4 is 11.5 Å². The van der Waals surface area contributed by atoms with Crippen molar-refractivity contribution in [3.8, 4) is 0 Å². The minimum absolute atomic E-state index is 0.00231. The normalized spacial score (nSPS) is 16.5. The summed E-state index contributed by atoms with van der Waals surface area (Å²) in [5.74, 6) is -2.15. The van der Waals surface area contributed by atoms with Crippen LogP contribution in [0.5, 0.6) is 0 Å². The predicted molar refractivity (Wildman–Crippen MR) is 74.3 cm³/mol. The van der Waals surface area contributed by atoms with E-state index in [9.17, 15) is 19.2 Å². The maximum absolute atomic E-state index is 12.5. The van der Waals surface area contributed by atoms with E-state index in [1.54, 1.807) is 6.07 Å². The van der Waals surface area contributed by atoms with Crippen LogP contribution in [0.25, 0.3) is 0 Å². The van der Waals surface area contributed by atoms with Gasteiger partial charge in [0.2, 0.25) is 5.91 Å². The second-order valence-electron chi connectivity index (χ2n) is 5.06. The van der Waals surface area contributed by atoms with E-state index < -0.39 is 23.3 Å². The smallest absolute Gasteiger partial charge is 0.264 e. The van der Waals surface area contributed by atoms with Crippen LogP contribution in [0.15, 0.2) is 18.2 Å². The molecule has 110 valence electrons. The van der Waals surface area contributed by atoms with E-state index in [0.29, 0.717) is 6.29 Å². The first-order valence-electron chi connectivity index (χ1n) is 6.35. The van der Waals surface area contributed by atoms with Crippen molar-refractivity contribution in [2.45, 2.75) is 25.3 Å². The highest BCUT2D eigenvalue weighted by Crippen LogP contribution is 2.34. The number of carbonyl (C=O) groups is 4. The number of imide groups is 1. The summed E-state index contributed by atoms with van der Waals surface area (Å²) in [5, 5.41) is 0. The zero-order chi connectivity index (χ0) is 15.8. The maximum Gasteiger partial charge on any atom is 0.264 e. The number of rotatable bonds is 5. The second kappa shape index (κ2) is 5.01. The van der Waals surface area contributed by atoms with E-state index in [1.165, 1.54) is 19.1 Å². The average Bonchev–Trinajstić information content (AvgIpc) is 2.69. The molecule has 0 saturated carbocycles. The molecule has 0 aromatic heterocycles. The van der Waals surface area contributed by atoms with Crippen LogP contribution in [0.4, 0.5) is 5.69 Å². The Morgan fingerprint density at radius 1 is 1.33 bits per heavy atom. The van der Waals surface area contributed by atoms with E-state index in [2.05, 4.69) is 0 Å². The molecule has 1 unspecified atom stereocenters. The Kier molecular flexibility index (Phi) is 3.51. The van der Waals surface area contributed by atoms with Crippen molar-refractivity contribution in [1.82, 2.24) is 4.90 Å². The number of nitrogen functional groups attached to an aromatic ring is 1. The molecule has 1 atom stereocenters. The molecule has 0 bridgehead atoms. The van der Waals surface area contributed by atoms with Gasteiger partial charge in [-0.15, -0.1) is 0 Å². The van der Waals surface area contributed by atoms with Crippen molar-refractivity contribution in [3.05, 3.63) is 29.3 Å². The number of nitrogens with two attached hydrogens (primary N) is 2. The summed E-state index contributed by atoms with van der Waals surface area (Å²) in [6.45, 7) is 1.37. The molecule has 2 rings (SSSR count). The Morgan fingerprint density at radius 2 is 2.00 bits per heavy atom. The van der Waals surface area contributed by atoms with E-state index in [-0.39, 0.29) is 29.7 Å². The van der Waals surface area contributed by atoms with Gasteiger partial charge in [-0.2, -0.15) is 0 Å². The third-order valence-electron chi connectivity index (χ3n) is 3.72. The van der Waals surface area contributed by atoms with Crippen LogP contribution in [0, 0.1) is 0 Å². The summed E-state index contributed by atoms with van der Waals surface area (Å²) in [5.41, 5.74) is 9.89. The predicted octanol–water partition coefficient (Wildman–Crippen LogP) is 0.0879. The number of hydrogen-bond acceptors (Lipinski definition) is 5. The summed E-state index contributed by atoms with van der Waals surface area (Å²) >= 11 is 0. The molecule has 0 aliphatic carbocycles. The molecule has 0 fully saturated rings. The number of primary amides is 1. The first kappa shape index (κ1) is 14.7. The number of carbonyl (C=O) groups excluding carboxylic acids is 4. The largest absolute Gasteiger partial charge is 0.398 e. The van der Waals surface area contributed by atoms with Gasteiger partial charge in [0.05, 0.1) is 11.1 Å². The lowest BCUT2D eigenvalue weighted by Crippen LogP contribution is -2.57. The monoisotopic (exact) mass is 289 g/mol.